The number of carbonyl (C=O) groups is 1. The Labute approximate surface area is 136 Å². The van der Waals surface area contributed by atoms with Gasteiger partial charge in [-0.25, -0.2) is 0 Å². The van der Waals surface area contributed by atoms with Gasteiger partial charge in [0.25, 0.3) is 11.6 Å². The number of hydrogen-bond acceptors (Lipinski definition) is 4. The smallest absolute Gasteiger partial charge is 0.270 e. The molecule has 1 aromatic rings. The SMILES string of the molecule is CC1(CNC(=O)c2cc([N+](=O)[O-])ccc2I)CCOCC1. The number of non-ortho nitro benzene ring substituents is 1. The summed E-state index contributed by atoms with van der Waals surface area (Å²) in [5.41, 5.74) is 0.304. The molecule has 0 spiro atoms. The highest BCUT2D eigenvalue weighted by Gasteiger charge is 2.28. The van der Waals surface area contributed by atoms with E-state index in [2.05, 4.69) is 12.2 Å². The Morgan fingerprint density at radius 2 is 2.14 bits per heavy atom. The molecule has 114 valence electrons. The van der Waals surface area contributed by atoms with E-state index in [1.54, 1.807) is 6.07 Å². The van der Waals surface area contributed by atoms with Gasteiger partial charge in [-0.3, -0.25) is 14.9 Å². The number of nitro benzene ring substituents is 1. The van der Waals surface area contributed by atoms with Crippen molar-refractivity contribution in [2.24, 2.45) is 5.41 Å². The molecule has 0 radical (unpaired) electrons. The molecule has 21 heavy (non-hydrogen) atoms. The molecule has 0 atom stereocenters. The molecular formula is C14H17IN2O4. The third-order valence-corrected chi connectivity index (χ3v) is 4.72. The van der Waals surface area contributed by atoms with Gasteiger partial charge in [0, 0.05) is 35.5 Å². The minimum absolute atomic E-state index is 0.0278. The zero-order valence-corrected chi connectivity index (χ0v) is 13.9. The number of nitrogens with one attached hydrogen (secondary N) is 1. The van der Waals surface area contributed by atoms with Crippen LogP contribution in [0, 0.1) is 19.1 Å². The van der Waals surface area contributed by atoms with Crippen LogP contribution in [0.15, 0.2) is 18.2 Å². The maximum atomic E-state index is 12.3. The molecule has 0 unspecified atom stereocenters. The lowest BCUT2D eigenvalue weighted by molar-refractivity contribution is -0.384. The van der Waals surface area contributed by atoms with Crippen LogP contribution in [0.5, 0.6) is 0 Å². The van der Waals surface area contributed by atoms with Crippen molar-refractivity contribution in [3.05, 3.63) is 37.4 Å². The van der Waals surface area contributed by atoms with Gasteiger partial charge in [-0.15, -0.1) is 0 Å². The number of hydrogen-bond donors (Lipinski definition) is 1. The first-order valence-electron chi connectivity index (χ1n) is 6.71. The van der Waals surface area contributed by atoms with Crippen LogP contribution in [-0.2, 0) is 4.74 Å². The van der Waals surface area contributed by atoms with Crippen molar-refractivity contribution in [2.75, 3.05) is 19.8 Å². The Kier molecular flexibility index (Phi) is 5.15. The molecule has 1 aliphatic heterocycles. The van der Waals surface area contributed by atoms with E-state index in [0.717, 1.165) is 12.8 Å². The summed E-state index contributed by atoms with van der Waals surface area (Å²) in [5, 5.41) is 13.7. The molecule has 1 amide bonds. The standard InChI is InChI=1S/C14H17IN2O4/c1-14(4-6-21-7-5-14)9-16-13(18)11-8-10(17(19)20)2-3-12(11)15/h2-3,8H,4-7,9H2,1H3,(H,16,18). The van der Waals surface area contributed by atoms with Gasteiger partial charge in [-0.05, 0) is 46.9 Å². The van der Waals surface area contributed by atoms with Crippen molar-refractivity contribution >= 4 is 34.2 Å². The fourth-order valence-corrected chi connectivity index (χ4v) is 2.81. The van der Waals surface area contributed by atoms with Crippen LogP contribution >= 0.6 is 22.6 Å². The van der Waals surface area contributed by atoms with Gasteiger partial charge in [0.15, 0.2) is 0 Å². The topological polar surface area (TPSA) is 81.5 Å². The predicted octanol–water partition coefficient (Wildman–Crippen LogP) is 2.75. The summed E-state index contributed by atoms with van der Waals surface area (Å²) in [7, 11) is 0. The first-order valence-corrected chi connectivity index (χ1v) is 7.79. The van der Waals surface area contributed by atoms with Gasteiger partial charge in [0.1, 0.15) is 0 Å². The van der Waals surface area contributed by atoms with Crippen LogP contribution in [-0.4, -0.2) is 30.6 Å². The molecular weight excluding hydrogens is 387 g/mol. The fourth-order valence-electron chi connectivity index (χ4n) is 2.23. The Balaban J connectivity index is 2.06. The van der Waals surface area contributed by atoms with Gasteiger partial charge >= 0.3 is 0 Å². The van der Waals surface area contributed by atoms with Gasteiger partial charge in [0.2, 0.25) is 0 Å². The highest BCUT2D eigenvalue weighted by molar-refractivity contribution is 14.1. The number of rotatable bonds is 4. The molecule has 1 N–H and O–H groups in total. The quantitative estimate of drug-likeness (QED) is 0.476. The molecule has 6 nitrogen and oxygen atoms in total. The molecule has 2 rings (SSSR count). The monoisotopic (exact) mass is 404 g/mol. The predicted molar refractivity (Wildman–Crippen MR) is 86.3 cm³/mol. The second-order valence-electron chi connectivity index (χ2n) is 5.53. The summed E-state index contributed by atoms with van der Waals surface area (Å²) in [5.74, 6) is -0.268. The number of ether oxygens (including phenoxy) is 1. The zero-order valence-electron chi connectivity index (χ0n) is 11.7. The lowest BCUT2D eigenvalue weighted by Gasteiger charge is -2.33. The third-order valence-electron chi connectivity index (χ3n) is 3.78. The molecule has 1 saturated heterocycles. The lowest BCUT2D eigenvalue weighted by Crippen LogP contribution is -2.39. The van der Waals surface area contributed by atoms with Crippen LogP contribution in [0.4, 0.5) is 5.69 Å². The Hall–Kier alpha value is -1.22. The maximum absolute atomic E-state index is 12.3. The third kappa shape index (κ3) is 4.13. The maximum Gasteiger partial charge on any atom is 0.270 e. The summed E-state index contributed by atoms with van der Waals surface area (Å²) >= 11 is 2.01. The van der Waals surface area contributed by atoms with Gasteiger partial charge in [-0.1, -0.05) is 6.92 Å². The highest BCUT2D eigenvalue weighted by Crippen LogP contribution is 2.29. The van der Waals surface area contributed by atoms with Gasteiger partial charge in [-0.2, -0.15) is 0 Å². The van der Waals surface area contributed by atoms with E-state index < -0.39 is 4.92 Å². The van der Waals surface area contributed by atoms with E-state index in [1.165, 1.54) is 12.1 Å². The molecule has 0 bridgehead atoms. The summed E-state index contributed by atoms with van der Waals surface area (Å²) in [4.78, 5) is 22.6. The molecule has 0 saturated carbocycles. The number of carbonyl (C=O) groups excluding carboxylic acids is 1. The molecule has 1 aliphatic rings. The second-order valence-corrected chi connectivity index (χ2v) is 6.69. The van der Waals surface area contributed by atoms with Crippen LogP contribution in [0.1, 0.15) is 30.1 Å². The van der Waals surface area contributed by atoms with Crippen molar-refractivity contribution in [3.8, 4) is 0 Å². The average molecular weight is 404 g/mol. The minimum atomic E-state index is -0.493. The molecule has 1 heterocycles. The zero-order chi connectivity index (χ0) is 15.5. The van der Waals surface area contributed by atoms with Crippen molar-refractivity contribution in [1.29, 1.82) is 0 Å². The highest BCUT2D eigenvalue weighted by atomic mass is 127. The largest absolute Gasteiger partial charge is 0.381 e. The Bertz CT molecular complexity index is 556. The van der Waals surface area contributed by atoms with Crippen molar-refractivity contribution in [3.63, 3.8) is 0 Å². The van der Waals surface area contributed by atoms with Crippen LogP contribution in [0.25, 0.3) is 0 Å². The lowest BCUT2D eigenvalue weighted by atomic mass is 9.82. The van der Waals surface area contributed by atoms with E-state index in [4.69, 9.17) is 4.74 Å². The normalized spacial score (nSPS) is 17.2. The summed E-state index contributed by atoms with van der Waals surface area (Å²) < 4.78 is 6.03. The second kappa shape index (κ2) is 6.69. The van der Waals surface area contributed by atoms with Crippen LogP contribution in [0.3, 0.4) is 0 Å². The number of nitrogens with zero attached hydrogens (tertiary/aromatic N) is 1. The van der Waals surface area contributed by atoms with E-state index >= 15 is 0 Å². The van der Waals surface area contributed by atoms with Crippen LogP contribution in [0.2, 0.25) is 0 Å². The molecule has 7 heteroatoms. The van der Waals surface area contributed by atoms with Crippen LogP contribution < -0.4 is 5.32 Å². The summed E-state index contributed by atoms with van der Waals surface area (Å²) in [6.07, 6.45) is 1.80. The number of halogens is 1. The summed E-state index contributed by atoms with van der Waals surface area (Å²) in [6.45, 7) is 4.09. The van der Waals surface area contributed by atoms with Gasteiger partial charge in [0.05, 0.1) is 10.5 Å². The number of nitro groups is 1. The van der Waals surface area contributed by atoms with Crippen molar-refractivity contribution in [1.82, 2.24) is 5.32 Å². The number of amides is 1. The Morgan fingerprint density at radius 3 is 2.76 bits per heavy atom. The Morgan fingerprint density at radius 1 is 1.48 bits per heavy atom. The molecule has 1 fully saturated rings. The van der Waals surface area contributed by atoms with E-state index in [0.29, 0.717) is 28.9 Å². The molecule has 1 aromatic carbocycles. The molecule has 0 aliphatic carbocycles. The average Bonchev–Trinajstić information content (AvgIpc) is 2.46. The van der Waals surface area contributed by atoms with Crippen molar-refractivity contribution < 1.29 is 14.5 Å². The van der Waals surface area contributed by atoms with E-state index in [1.807, 2.05) is 22.6 Å². The summed E-state index contributed by atoms with van der Waals surface area (Å²) in [6, 6.07) is 4.31. The van der Waals surface area contributed by atoms with E-state index in [-0.39, 0.29) is 17.0 Å². The first-order chi connectivity index (χ1) is 9.91. The van der Waals surface area contributed by atoms with E-state index in [9.17, 15) is 14.9 Å². The number of benzene rings is 1. The fraction of sp³-hybridized carbons (Fsp3) is 0.500. The minimum Gasteiger partial charge on any atom is -0.381 e. The molecule has 0 aromatic heterocycles. The van der Waals surface area contributed by atoms with Gasteiger partial charge < -0.3 is 10.1 Å². The van der Waals surface area contributed by atoms with Crippen molar-refractivity contribution in [2.45, 2.75) is 19.8 Å². The first kappa shape index (κ1) is 16.2.